The molecule has 0 radical (unpaired) electrons. The van der Waals surface area contributed by atoms with Crippen LogP contribution in [0.5, 0.6) is 0 Å². The van der Waals surface area contributed by atoms with E-state index in [1.807, 2.05) is 42.0 Å². The van der Waals surface area contributed by atoms with Crippen LogP contribution in [0, 0.1) is 5.92 Å². The SMILES string of the molecule is C[C@@H](Cn1ccnc1)NC(=O)CC[C@@H]1Cc2ccccc2NC1=O. The molecule has 126 valence electrons. The van der Waals surface area contributed by atoms with Gasteiger partial charge in [0.25, 0.3) is 0 Å². The molecule has 6 nitrogen and oxygen atoms in total. The van der Waals surface area contributed by atoms with E-state index < -0.39 is 0 Å². The van der Waals surface area contributed by atoms with Gasteiger partial charge in [-0.05, 0) is 31.4 Å². The molecule has 1 aliphatic rings. The van der Waals surface area contributed by atoms with Crippen molar-refractivity contribution in [3.8, 4) is 0 Å². The number of amides is 2. The molecule has 6 heteroatoms. The molecule has 0 aliphatic carbocycles. The minimum Gasteiger partial charge on any atom is -0.352 e. The van der Waals surface area contributed by atoms with Gasteiger partial charge in [-0.2, -0.15) is 0 Å². The van der Waals surface area contributed by atoms with E-state index in [2.05, 4.69) is 15.6 Å². The third-order valence-corrected chi connectivity index (χ3v) is 4.28. The number of carbonyl (C=O) groups excluding carboxylic acids is 2. The molecule has 0 fully saturated rings. The van der Waals surface area contributed by atoms with Crippen molar-refractivity contribution in [1.29, 1.82) is 0 Å². The summed E-state index contributed by atoms with van der Waals surface area (Å²) in [5, 5.41) is 5.90. The molecule has 3 rings (SSSR count). The normalized spacial score (nSPS) is 17.7. The van der Waals surface area contributed by atoms with Gasteiger partial charge in [0.05, 0.1) is 6.33 Å². The second-order valence-electron chi connectivity index (χ2n) is 6.31. The summed E-state index contributed by atoms with van der Waals surface area (Å²) in [6.45, 7) is 2.64. The Kier molecular flexibility index (Phi) is 4.93. The lowest BCUT2D eigenvalue weighted by Gasteiger charge is -2.24. The van der Waals surface area contributed by atoms with E-state index in [0.29, 0.717) is 25.8 Å². The fourth-order valence-electron chi connectivity index (χ4n) is 3.06. The molecule has 2 amide bonds. The zero-order chi connectivity index (χ0) is 16.9. The van der Waals surface area contributed by atoms with E-state index in [1.54, 1.807) is 12.5 Å². The summed E-state index contributed by atoms with van der Waals surface area (Å²) in [5.74, 6) is -0.156. The van der Waals surface area contributed by atoms with Crippen molar-refractivity contribution in [1.82, 2.24) is 14.9 Å². The predicted octanol–water partition coefficient (Wildman–Crippen LogP) is 1.98. The lowest BCUT2D eigenvalue weighted by atomic mass is 9.89. The van der Waals surface area contributed by atoms with E-state index in [-0.39, 0.29) is 23.8 Å². The van der Waals surface area contributed by atoms with Gasteiger partial charge in [0.2, 0.25) is 11.8 Å². The number of aromatic nitrogens is 2. The van der Waals surface area contributed by atoms with Crippen molar-refractivity contribution in [2.45, 2.75) is 38.8 Å². The molecule has 0 unspecified atom stereocenters. The van der Waals surface area contributed by atoms with Crippen LogP contribution in [0.15, 0.2) is 43.0 Å². The first-order valence-corrected chi connectivity index (χ1v) is 8.25. The van der Waals surface area contributed by atoms with Gasteiger partial charge in [-0.25, -0.2) is 4.98 Å². The Morgan fingerprint density at radius 3 is 3.08 bits per heavy atom. The number of rotatable bonds is 6. The Labute approximate surface area is 141 Å². The summed E-state index contributed by atoms with van der Waals surface area (Å²) in [7, 11) is 0. The van der Waals surface area contributed by atoms with Gasteiger partial charge in [-0.1, -0.05) is 18.2 Å². The van der Waals surface area contributed by atoms with Gasteiger partial charge in [0.15, 0.2) is 0 Å². The monoisotopic (exact) mass is 326 g/mol. The fourth-order valence-corrected chi connectivity index (χ4v) is 3.06. The van der Waals surface area contributed by atoms with Gasteiger partial charge in [-0.3, -0.25) is 9.59 Å². The molecule has 24 heavy (non-hydrogen) atoms. The van der Waals surface area contributed by atoms with E-state index in [0.717, 1.165) is 11.3 Å². The van der Waals surface area contributed by atoms with Crippen molar-refractivity contribution in [3.63, 3.8) is 0 Å². The summed E-state index contributed by atoms with van der Waals surface area (Å²) in [5.41, 5.74) is 2.02. The third kappa shape index (κ3) is 4.01. The van der Waals surface area contributed by atoms with Crippen molar-refractivity contribution in [2.75, 3.05) is 5.32 Å². The number of hydrogen-bond donors (Lipinski definition) is 2. The Bertz CT molecular complexity index is 712. The highest BCUT2D eigenvalue weighted by Crippen LogP contribution is 2.27. The maximum absolute atomic E-state index is 12.2. The predicted molar refractivity (Wildman–Crippen MR) is 91.3 cm³/mol. The number of para-hydroxylation sites is 1. The lowest BCUT2D eigenvalue weighted by molar-refractivity contribution is -0.123. The Hall–Kier alpha value is -2.63. The molecule has 0 saturated carbocycles. The highest BCUT2D eigenvalue weighted by molar-refractivity contribution is 5.96. The molecule has 2 aromatic rings. The summed E-state index contributed by atoms with van der Waals surface area (Å²) < 4.78 is 1.93. The van der Waals surface area contributed by atoms with E-state index in [9.17, 15) is 9.59 Å². The molecule has 2 heterocycles. The lowest BCUT2D eigenvalue weighted by Crippen LogP contribution is -2.36. The van der Waals surface area contributed by atoms with Crippen molar-refractivity contribution in [3.05, 3.63) is 48.5 Å². The first kappa shape index (κ1) is 16.2. The first-order chi connectivity index (χ1) is 11.6. The van der Waals surface area contributed by atoms with Crippen LogP contribution in [0.3, 0.4) is 0 Å². The van der Waals surface area contributed by atoms with E-state index in [1.165, 1.54) is 0 Å². The Morgan fingerprint density at radius 1 is 1.46 bits per heavy atom. The molecule has 2 N–H and O–H groups in total. The number of imidazole rings is 1. The topological polar surface area (TPSA) is 76.0 Å². The molecule has 0 saturated heterocycles. The smallest absolute Gasteiger partial charge is 0.227 e. The van der Waals surface area contributed by atoms with Crippen LogP contribution in [0.4, 0.5) is 5.69 Å². The average molecular weight is 326 g/mol. The Balaban J connectivity index is 1.47. The summed E-state index contributed by atoms with van der Waals surface area (Å²) >= 11 is 0. The molecule has 0 spiro atoms. The number of benzene rings is 1. The highest BCUT2D eigenvalue weighted by atomic mass is 16.2. The second-order valence-corrected chi connectivity index (χ2v) is 6.31. The van der Waals surface area contributed by atoms with Crippen LogP contribution in [-0.2, 0) is 22.6 Å². The average Bonchev–Trinajstić information content (AvgIpc) is 3.05. The number of hydrogen-bond acceptors (Lipinski definition) is 3. The number of anilines is 1. The first-order valence-electron chi connectivity index (χ1n) is 8.25. The minimum absolute atomic E-state index is 0.00737. The second kappa shape index (κ2) is 7.29. The number of nitrogens with one attached hydrogen (secondary N) is 2. The zero-order valence-corrected chi connectivity index (χ0v) is 13.7. The molecule has 1 aromatic carbocycles. The largest absolute Gasteiger partial charge is 0.352 e. The molecule has 0 bridgehead atoms. The minimum atomic E-state index is -0.144. The molecular formula is C18H22N4O2. The maximum Gasteiger partial charge on any atom is 0.227 e. The highest BCUT2D eigenvalue weighted by Gasteiger charge is 2.26. The molecule has 2 atom stereocenters. The van der Waals surface area contributed by atoms with Crippen LogP contribution in [-0.4, -0.2) is 27.4 Å². The zero-order valence-electron chi connectivity index (χ0n) is 13.7. The fraction of sp³-hybridized carbons (Fsp3) is 0.389. The van der Waals surface area contributed by atoms with Crippen LogP contribution in [0.1, 0.15) is 25.3 Å². The van der Waals surface area contributed by atoms with Gasteiger partial charge >= 0.3 is 0 Å². The van der Waals surface area contributed by atoms with E-state index >= 15 is 0 Å². The molecule has 1 aromatic heterocycles. The van der Waals surface area contributed by atoms with Gasteiger partial charge in [0, 0.05) is 43.0 Å². The van der Waals surface area contributed by atoms with Gasteiger partial charge in [-0.15, -0.1) is 0 Å². The Morgan fingerprint density at radius 2 is 2.29 bits per heavy atom. The van der Waals surface area contributed by atoms with Crippen LogP contribution < -0.4 is 10.6 Å². The maximum atomic E-state index is 12.2. The summed E-state index contributed by atoms with van der Waals surface area (Å²) in [6.07, 6.45) is 6.92. The van der Waals surface area contributed by atoms with Gasteiger partial charge < -0.3 is 15.2 Å². The standard InChI is InChI=1S/C18H22N4O2/c1-13(11-22-9-8-19-12-22)20-17(23)7-6-15-10-14-4-2-3-5-16(14)21-18(15)24/h2-5,8-9,12-13,15H,6-7,10-11H2,1H3,(H,20,23)(H,21,24)/t13-,15+/m0/s1. The van der Waals surface area contributed by atoms with Crippen molar-refractivity contribution >= 4 is 17.5 Å². The quantitative estimate of drug-likeness (QED) is 0.852. The van der Waals surface area contributed by atoms with Crippen LogP contribution >= 0.6 is 0 Å². The number of nitrogens with zero attached hydrogens (tertiary/aromatic N) is 2. The molecule has 1 aliphatic heterocycles. The summed E-state index contributed by atoms with van der Waals surface area (Å²) in [6, 6.07) is 7.84. The number of fused-ring (bicyclic) bond motifs is 1. The van der Waals surface area contributed by atoms with Crippen LogP contribution in [0.2, 0.25) is 0 Å². The van der Waals surface area contributed by atoms with Crippen molar-refractivity contribution in [2.24, 2.45) is 5.92 Å². The number of carbonyl (C=O) groups is 2. The van der Waals surface area contributed by atoms with Crippen molar-refractivity contribution < 1.29 is 9.59 Å². The summed E-state index contributed by atoms with van der Waals surface area (Å²) in [4.78, 5) is 28.2. The van der Waals surface area contributed by atoms with Gasteiger partial charge in [0.1, 0.15) is 0 Å². The van der Waals surface area contributed by atoms with E-state index in [4.69, 9.17) is 0 Å². The third-order valence-electron chi connectivity index (χ3n) is 4.28. The van der Waals surface area contributed by atoms with Crippen LogP contribution in [0.25, 0.3) is 0 Å². The molecular weight excluding hydrogens is 304 g/mol.